The lowest BCUT2D eigenvalue weighted by atomic mass is 10.2. The minimum Gasteiger partial charge on any atom is -0.502 e. The lowest BCUT2D eigenvalue weighted by Crippen LogP contribution is -2.34. The summed E-state index contributed by atoms with van der Waals surface area (Å²) in [6, 6.07) is 5.20. The van der Waals surface area contributed by atoms with Crippen LogP contribution in [-0.4, -0.2) is 47.3 Å². The number of carbonyl (C=O) groups excluding carboxylic acids is 3. The van der Waals surface area contributed by atoms with Gasteiger partial charge in [0.15, 0.2) is 6.61 Å². The van der Waals surface area contributed by atoms with Gasteiger partial charge in [-0.25, -0.2) is 19.0 Å². The van der Waals surface area contributed by atoms with Crippen LogP contribution in [-0.2, 0) is 35.2 Å². The Balaban J connectivity index is 2.91. The van der Waals surface area contributed by atoms with Crippen molar-refractivity contribution in [3.63, 3.8) is 0 Å². The fourth-order valence-corrected chi connectivity index (χ4v) is 1.80. The first kappa shape index (κ1) is 22.1. The van der Waals surface area contributed by atoms with E-state index in [1.54, 1.807) is 20.8 Å². The molecule has 0 bridgehead atoms. The van der Waals surface area contributed by atoms with Crippen LogP contribution in [0.1, 0.15) is 26.3 Å². The van der Waals surface area contributed by atoms with E-state index in [4.69, 9.17) is 9.57 Å². The largest absolute Gasteiger partial charge is 0.502 e. The van der Waals surface area contributed by atoms with Gasteiger partial charge in [0.05, 0.1) is 19.7 Å². The Bertz CT molecular complexity index is 707. The molecule has 0 fully saturated rings. The van der Waals surface area contributed by atoms with E-state index in [9.17, 15) is 23.9 Å². The van der Waals surface area contributed by atoms with Crippen molar-refractivity contribution in [2.24, 2.45) is 0 Å². The van der Waals surface area contributed by atoms with Crippen molar-refractivity contribution in [3.8, 4) is 0 Å². The summed E-state index contributed by atoms with van der Waals surface area (Å²) in [7, 11) is 1.03. The van der Waals surface area contributed by atoms with E-state index in [0.717, 1.165) is 12.2 Å². The second kappa shape index (κ2) is 9.67. The van der Waals surface area contributed by atoms with E-state index in [0.29, 0.717) is 11.6 Å². The van der Waals surface area contributed by atoms with Crippen LogP contribution in [0.25, 0.3) is 0 Å². The fraction of sp³-hybridized carbons (Fsp3) is 0.389. The van der Waals surface area contributed by atoms with Gasteiger partial charge in [0.2, 0.25) is 5.76 Å². The van der Waals surface area contributed by atoms with E-state index >= 15 is 0 Å². The Morgan fingerprint density at radius 3 is 2.30 bits per heavy atom. The molecule has 1 amide bonds. The number of nitrogens with zero attached hydrogens (tertiary/aromatic N) is 1. The number of carbonyl (C=O) groups is 3. The predicted molar refractivity (Wildman–Crippen MR) is 91.5 cm³/mol. The van der Waals surface area contributed by atoms with Crippen LogP contribution in [0.2, 0.25) is 0 Å². The normalized spacial score (nSPS) is 11.7. The van der Waals surface area contributed by atoms with Crippen LogP contribution in [0.15, 0.2) is 36.1 Å². The maximum atomic E-state index is 13.0. The monoisotopic (exact) mass is 383 g/mol. The Morgan fingerprint density at radius 1 is 1.19 bits per heavy atom. The van der Waals surface area contributed by atoms with E-state index in [-0.39, 0.29) is 6.54 Å². The number of ether oxygens (including phenoxy) is 2. The number of esters is 2. The van der Waals surface area contributed by atoms with Gasteiger partial charge in [0, 0.05) is 0 Å². The highest BCUT2D eigenvalue weighted by molar-refractivity contribution is 5.96. The molecule has 0 heterocycles. The van der Waals surface area contributed by atoms with Gasteiger partial charge in [0.25, 0.3) is 5.91 Å². The van der Waals surface area contributed by atoms with Gasteiger partial charge in [-0.15, -0.1) is 0 Å². The molecule has 27 heavy (non-hydrogen) atoms. The van der Waals surface area contributed by atoms with Gasteiger partial charge in [-0.1, -0.05) is 12.1 Å². The number of benzene rings is 1. The number of hydrogen-bond acceptors (Lipinski definition) is 7. The maximum Gasteiger partial charge on any atom is 0.373 e. The molecular formula is C18H22FNO7. The average Bonchev–Trinajstić information content (AvgIpc) is 2.57. The zero-order valence-electron chi connectivity index (χ0n) is 15.5. The molecule has 0 atom stereocenters. The minimum atomic E-state index is -1.11. The molecule has 1 N–H and O–H groups in total. The number of aliphatic hydroxyl groups excluding tert-OH is 1. The number of amides is 1. The molecule has 1 aromatic rings. The van der Waals surface area contributed by atoms with Gasteiger partial charge >= 0.3 is 11.9 Å². The fourth-order valence-electron chi connectivity index (χ4n) is 1.80. The van der Waals surface area contributed by atoms with E-state index in [2.05, 4.69) is 4.74 Å². The van der Waals surface area contributed by atoms with Crippen LogP contribution in [0, 0.1) is 5.82 Å². The first-order valence-corrected chi connectivity index (χ1v) is 7.91. The highest BCUT2D eigenvalue weighted by Crippen LogP contribution is 2.11. The molecule has 0 aliphatic carbocycles. The van der Waals surface area contributed by atoms with Crippen molar-refractivity contribution >= 4 is 17.8 Å². The molecule has 1 aromatic carbocycles. The quantitative estimate of drug-likeness (QED) is 0.333. The third-order valence-corrected chi connectivity index (χ3v) is 2.90. The van der Waals surface area contributed by atoms with Crippen molar-refractivity contribution < 1.29 is 38.2 Å². The number of halogens is 1. The minimum absolute atomic E-state index is 0.174. The van der Waals surface area contributed by atoms with Crippen LogP contribution in [0.3, 0.4) is 0 Å². The van der Waals surface area contributed by atoms with Crippen molar-refractivity contribution in [1.82, 2.24) is 5.06 Å². The second-order valence-electron chi connectivity index (χ2n) is 6.38. The Kier molecular flexibility index (Phi) is 7.92. The summed E-state index contributed by atoms with van der Waals surface area (Å²) in [5.74, 6) is -4.16. The summed E-state index contributed by atoms with van der Waals surface area (Å²) in [5, 5.41) is 10.2. The standard InChI is InChI=1S/C18H22FNO7/c1-18(2,3)27-16(23)11-26-20(10-12-5-7-13(19)8-6-12)15(22)9-14(21)17(24)25-4/h5-9,21H,10-11H2,1-4H3/b14-9-. The SMILES string of the molecule is COC(=O)/C(O)=C/C(=O)N(Cc1ccc(F)cc1)OCC(=O)OC(C)(C)C. The van der Waals surface area contributed by atoms with E-state index in [1.807, 2.05) is 0 Å². The van der Waals surface area contributed by atoms with Gasteiger partial charge in [-0.3, -0.25) is 9.63 Å². The number of methoxy groups -OCH3 is 1. The molecule has 0 saturated carbocycles. The van der Waals surface area contributed by atoms with Gasteiger partial charge in [-0.2, -0.15) is 0 Å². The summed E-state index contributed by atoms with van der Waals surface area (Å²) in [6.07, 6.45) is 0.588. The van der Waals surface area contributed by atoms with Gasteiger partial charge in [0.1, 0.15) is 11.4 Å². The van der Waals surface area contributed by atoms with E-state index in [1.165, 1.54) is 24.3 Å². The third-order valence-electron chi connectivity index (χ3n) is 2.90. The molecule has 0 radical (unpaired) electrons. The van der Waals surface area contributed by atoms with Crippen molar-refractivity contribution in [2.45, 2.75) is 32.9 Å². The number of hydrogen-bond donors (Lipinski definition) is 1. The number of aliphatic hydroxyl groups is 1. The lowest BCUT2D eigenvalue weighted by Gasteiger charge is -2.23. The predicted octanol–water partition coefficient (Wildman–Crippen LogP) is 2.04. The maximum absolute atomic E-state index is 13.0. The first-order valence-electron chi connectivity index (χ1n) is 7.91. The molecule has 0 aliphatic rings. The van der Waals surface area contributed by atoms with Crippen molar-refractivity contribution in [2.75, 3.05) is 13.7 Å². The van der Waals surface area contributed by atoms with Gasteiger partial charge in [-0.05, 0) is 38.5 Å². The topological polar surface area (TPSA) is 102 Å². The molecule has 9 heteroatoms. The lowest BCUT2D eigenvalue weighted by molar-refractivity contribution is -0.198. The highest BCUT2D eigenvalue weighted by Gasteiger charge is 2.21. The number of hydroxylamine groups is 2. The third kappa shape index (κ3) is 8.32. The highest BCUT2D eigenvalue weighted by atomic mass is 19.1. The number of rotatable bonds is 7. The van der Waals surface area contributed by atoms with Crippen LogP contribution >= 0.6 is 0 Å². The van der Waals surface area contributed by atoms with Gasteiger partial charge < -0.3 is 14.6 Å². The molecule has 0 aliphatic heterocycles. The Hall–Kier alpha value is -2.94. The van der Waals surface area contributed by atoms with Crippen LogP contribution in [0.4, 0.5) is 4.39 Å². The molecule has 8 nitrogen and oxygen atoms in total. The summed E-state index contributed by atoms with van der Waals surface area (Å²) in [6.45, 7) is 4.25. The molecule has 148 valence electrons. The zero-order valence-corrected chi connectivity index (χ0v) is 15.5. The first-order chi connectivity index (χ1) is 12.5. The molecule has 0 aromatic heterocycles. The summed E-state index contributed by atoms with van der Waals surface area (Å²) in [5.41, 5.74) is -0.255. The van der Waals surface area contributed by atoms with E-state index < -0.39 is 41.6 Å². The summed E-state index contributed by atoms with van der Waals surface area (Å²) in [4.78, 5) is 40.4. The summed E-state index contributed by atoms with van der Waals surface area (Å²) < 4.78 is 22.4. The smallest absolute Gasteiger partial charge is 0.373 e. The molecule has 0 unspecified atom stereocenters. The summed E-state index contributed by atoms with van der Waals surface area (Å²) >= 11 is 0. The van der Waals surface area contributed by atoms with Crippen molar-refractivity contribution in [1.29, 1.82) is 0 Å². The molecule has 1 rings (SSSR count). The molecular weight excluding hydrogens is 361 g/mol. The molecule has 0 saturated heterocycles. The zero-order chi connectivity index (χ0) is 20.6. The Labute approximate surface area is 156 Å². The molecule has 0 spiro atoms. The van der Waals surface area contributed by atoms with Crippen LogP contribution in [0.5, 0.6) is 0 Å². The second-order valence-corrected chi connectivity index (χ2v) is 6.38. The Morgan fingerprint density at radius 2 is 1.78 bits per heavy atom. The average molecular weight is 383 g/mol. The van der Waals surface area contributed by atoms with Crippen molar-refractivity contribution in [3.05, 3.63) is 47.5 Å². The van der Waals surface area contributed by atoms with Crippen LogP contribution < -0.4 is 0 Å².